The zero-order valence-electron chi connectivity index (χ0n) is 21.0. The molecule has 0 bridgehead atoms. The Labute approximate surface area is 210 Å². The van der Waals surface area contributed by atoms with Gasteiger partial charge in [-0.1, -0.05) is 53.6 Å². The maximum absolute atomic E-state index is 6.06. The summed E-state index contributed by atoms with van der Waals surface area (Å²) in [6.07, 6.45) is 7.22. The van der Waals surface area contributed by atoms with Crippen LogP contribution < -0.4 is 9.64 Å². The third kappa shape index (κ3) is 5.77. The number of rotatable bonds is 10. The molecule has 35 heavy (non-hydrogen) atoms. The van der Waals surface area contributed by atoms with Crippen molar-refractivity contribution < 1.29 is 4.74 Å². The highest BCUT2D eigenvalue weighted by atomic mass is 16.5. The Bertz CT molecular complexity index is 1190. The van der Waals surface area contributed by atoms with E-state index in [9.17, 15) is 0 Å². The molecule has 0 atom stereocenters. The van der Waals surface area contributed by atoms with Crippen molar-refractivity contribution >= 4 is 17.1 Å². The van der Waals surface area contributed by atoms with Crippen molar-refractivity contribution in [1.82, 2.24) is 0 Å². The molecule has 4 aromatic carbocycles. The molecule has 0 aliphatic heterocycles. The van der Waals surface area contributed by atoms with Crippen molar-refractivity contribution in [3.05, 3.63) is 119 Å². The van der Waals surface area contributed by atoms with Crippen molar-refractivity contribution in [2.24, 2.45) is 0 Å². The van der Waals surface area contributed by atoms with Crippen LogP contribution in [0.2, 0.25) is 0 Å². The highest BCUT2D eigenvalue weighted by Gasteiger charge is 2.13. The number of unbranched alkanes of at least 4 members (excludes halogenated alkanes) is 2. The lowest BCUT2D eigenvalue weighted by atomic mass is 9.86. The number of hydrogen-bond donors (Lipinski definition) is 0. The van der Waals surface area contributed by atoms with E-state index in [2.05, 4.69) is 110 Å². The van der Waals surface area contributed by atoms with Crippen molar-refractivity contribution in [2.75, 3.05) is 11.5 Å². The summed E-state index contributed by atoms with van der Waals surface area (Å²) in [5, 5.41) is 0. The largest absolute Gasteiger partial charge is 0.494 e. The lowest BCUT2D eigenvalue weighted by Gasteiger charge is -2.26. The van der Waals surface area contributed by atoms with E-state index in [1.165, 1.54) is 48.8 Å². The molecule has 0 heterocycles. The second-order valence-electron chi connectivity index (χ2n) is 9.76. The van der Waals surface area contributed by atoms with Crippen molar-refractivity contribution in [2.45, 2.75) is 52.4 Å². The van der Waals surface area contributed by atoms with Gasteiger partial charge in [-0.15, -0.1) is 0 Å². The normalized spacial score (nSPS) is 12.1. The maximum atomic E-state index is 6.06. The second-order valence-corrected chi connectivity index (χ2v) is 9.76. The minimum absolute atomic E-state index is 0.767. The molecule has 4 aromatic rings. The van der Waals surface area contributed by atoms with Crippen molar-refractivity contribution in [3.63, 3.8) is 0 Å². The lowest BCUT2D eigenvalue weighted by molar-refractivity contribution is 0.305. The summed E-state index contributed by atoms with van der Waals surface area (Å²) in [7, 11) is 0. The van der Waals surface area contributed by atoms with Gasteiger partial charge >= 0.3 is 0 Å². The monoisotopic (exact) mass is 461 g/mol. The van der Waals surface area contributed by atoms with E-state index in [1.807, 2.05) is 0 Å². The molecule has 0 saturated carbocycles. The van der Waals surface area contributed by atoms with E-state index in [-0.39, 0.29) is 0 Å². The minimum Gasteiger partial charge on any atom is -0.494 e. The Balaban J connectivity index is 1.16. The van der Waals surface area contributed by atoms with E-state index in [0.717, 1.165) is 35.8 Å². The molecule has 178 valence electrons. The lowest BCUT2D eigenvalue weighted by Crippen LogP contribution is -2.10. The van der Waals surface area contributed by atoms with Crippen LogP contribution in [0.1, 0.15) is 47.1 Å². The number of nitrogens with zero attached hydrogens (tertiary/aromatic N) is 1. The molecule has 0 fully saturated rings. The van der Waals surface area contributed by atoms with Gasteiger partial charge in [0.25, 0.3) is 0 Å². The molecule has 0 unspecified atom stereocenters. The Morgan fingerprint density at radius 3 is 1.71 bits per heavy atom. The van der Waals surface area contributed by atoms with Gasteiger partial charge in [-0.3, -0.25) is 0 Å². The summed E-state index contributed by atoms with van der Waals surface area (Å²) in [5.74, 6) is 0.934. The number of benzene rings is 4. The fourth-order valence-corrected chi connectivity index (χ4v) is 4.73. The molecule has 1 aliphatic rings. The quantitative estimate of drug-likeness (QED) is 0.219. The average Bonchev–Trinajstić information content (AvgIpc) is 2.86. The fourth-order valence-electron chi connectivity index (χ4n) is 4.73. The molecule has 0 saturated heterocycles. The predicted octanol–water partition coefficient (Wildman–Crippen LogP) is 8.66. The standard InChI is InChI=1S/C33H35NO/c1-25-7-15-30(16-8-25)34(31-17-9-26(2)10-18-31)32-19-21-33(22-20-32)35-23-5-3-4-6-27-11-12-28-13-14-29(28)24-27/h7-12,15-22,24H,3-6,13-14,23H2,1-2H3. The van der Waals surface area contributed by atoms with Crippen molar-refractivity contribution in [1.29, 1.82) is 0 Å². The SMILES string of the molecule is Cc1ccc(N(c2ccc(C)cc2)c2ccc(OCCCCCc3ccc4c(c3)CC4)cc2)cc1. The first kappa shape index (κ1) is 23.2. The van der Waals surface area contributed by atoms with E-state index in [0.29, 0.717) is 0 Å². The van der Waals surface area contributed by atoms with Crippen LogP contribution in [-0.4, -0.2) is 6.61 Å². The highest BCUT2D eigenvalue weighted by Crippen LogP contribution is 2.35. The van der Waals surface area contributed by atoms with Crippen LogP contribution in [0.15, 0.2) is 91.0 Å². The Hall–Kier alpha value is -3.52. The molecule has 5 rings (SSSR count). The molecule has 2 heteroatoms. The Kier molecular flexibility index (Phi) is 7.18. The summed E-state index contributed by atoms with van der Waals surface area (Å²) < 4.78 is 6.06. The molecule has 1 aliphatic carbocycles. The first-order valence-electron chi connectivity index (χ1n) is 12.9. The van der Waals surface area contributed by atoms with Gasteiger partial charge in [0.2, 0.25) is 0 Å². The summed E-state index contributed by atoms with van der Waals surface area (Å²) in [6.45, 7) is 5.01. The van der Waals surface area contributed by atoms with Gasteiger partial charge < -0.3 is 9.64 Å². The summed E-state index contributed by atoms with van der Waals surface area (Å²) in [5.41, 5.74) is 10.6. The van der Waals surface area contributed by atoms with Crippen LogP contribution in [0.3, 0.4) is 0 Å². The van der Waals surface area contributed by atoms with E-state index in [4.69, 9.17) is 4.74 Å². The van der Waals surface area contributed by atoms with Crippen LogP contribution in [-0.2, 0) is 19.3 Å². The van der Waals surface area contributed by atoms with Crippen molar-refractivity contribution in [3.8, 4) is 5.75 Å². The van der Waals surface area contributed by atoms with E-state index in [1.54, 1.807) is 11.1 Å². The number of hydrogen-bond acceptors (Lipinski definition) is 2. The Morgan fingerprint density at radius 2 is 1.17 bits per heavy atom. The zero-order chi connectivity index (χ0) is 24.0. The molecule has 0 N–H and O–H groups in total. The number of aryl methyl sites for hydroxylation is 5. The highest BCUT2D eigenvalue weighted by molar-refractivity contribution is 5.76. The molecule has 0 spiro atoms. The number of fused-ring (bicyclic) bond motifs is 1. The van der Waals surface area contributed by atoms with Gasteiger partial charge in [-0.25, -0.2) is 0 Å². The van der Waals surface area contributed by atoms with Crippen LogP contribution in [0.5, 0.6) is 5.75 Å². The minimum atomic E-state index is 0.767. The van der Waals surface area contributed by atoms with E-state index < -0.39 is 0 Å². The van der Waals surface area contributed by atoms with Gasteiger partial charge in [0.05, 0.1) is 6.61 Å². The number of ether oxygens (including phenoxy) is 1. The van der Waals surface area contributed by atoms with Crippen LogP contribution in [0.25, 0.3) is 0 Å². The maximum Gasteiger partial charge on any atom is 0.119 e. The summed E-state index contributed by atoms with van der Waals surface area (Å²) in [6, 6.07) is 32.9. The predicted molar refractivity (Wildman–Crippen MR) is 147 cm³/mol. The third-order valence-corrected chi connectivity index (χ3v) is 6.99. The molecular weight excluding hydrogens is 426 g/mol. The van der Waals surface area contributed by atoms with E-state index >= 15 is 0 Å². The molecule has 0 radical (unpaired) electrons. The molecule has 2 nitrogen and oxygen atoms in total. The first-order valence-corrected chi connectivity index (χ1v) is 12.9. The molecule has 0 amide bonds. The topological polar surface area (TPSA) is 12.5 Å². The molecular formula is C33H35NO. The first-order chi connectivity index (χ1) is 17.2. The summed E-state index contributed by atoms with van der Waals surface area (Å²) in [4.78, 5) is 2.29. The van der Waals surface area contributed by atoms with Gasteiger partial charge in [0.15, 0.2) is 0 Å². The van der Waals surface area contributed by atoms with Gasteiger partial charge in [0.1, 0.15) is 5.75 Å². The zero-order valence-corrected chi connectivity index (χ0v) is 21.0. The molecule has 0 aromatic heterocycles. The smallest absolute Gasteiger partial charge is 0.119 e. The van der Waals surface area contributed by atoms with Crippen LogP contribution in [0, 0.1) is 13.8 Å². The second kappa shape index (κ2) is 10.8. The van der Waals surface area contributed by atoms with Gasteiger partial charge in [0, 0.05) is 17.1 Å². The van der Waals surface area contributed by atoms with Gasteiger partial charge in [-0.05, 0) is 118 Å². The van der Waals surface area contributed by atoms with Crippen LogP contribution >= 0.6 is 0 Å². The van der Waals surface area contributed by atoms with Gasteiger partial charge in [-0.2, -0.15) is 0 Å². The number of anilines is 3. The summed E-state index contributed by atoms with van der Waals surface area (Å²) >= 11 is 0. The Morgan fingerprint density at radius 1 is 0.600 bits per heavy atom. The average molecular weight is 462 g/mol. The fraction of sp³-hybridized carbons (Fsp3) is 0.273. The van der Waals surface area contributed by atoms with Crippen LogP contribution in [0.4, 0.5) is 17.1 Å². The third-order valence-electron chi connectivity index (χ3n) is 6.99.